The van der Waals surface area contributed by atoms with Gasteiger partial charge in [0.05, 0.1) is 0 Å². The molecule has 0 saturated carbocycles. The second kappa shape index (κ2) is 11.0. The van der Waals surface area contributed by atoms with Gasteiger partial charge in [-0.3, -0.25) is 12.2 Å². The van der Waals surface area contributed by atoms with Crippen molar-refractivity contribution in [1.29, 1.82) is 0 Å². The second-order valence-corrected chi connectivity index (χ2v) is 2.01. The summed E-state index contributed by atoms with van der Waals surface area (Å²) in [6, 6.07) is 0. The molecule has 2 aliphatic carbocycles. The summed E-state index contributed by atoms with van der Waals surface area (Å²) in [7, 11) is 0. The van der Waals surface area contributed by atoms with Crippen LogP contribution >= 0.6 is 12.4 Å². The van der Waals surface area contributed by atoms with Crippen LogP contribution in [0.3, 0.4) is 0 Å². The van der Waals surface area contributed by atoms with Crippen molar-refractivity contribution in [3.8, 4) is 0 Å². The van der Waals surface area contributed by atoms with Crippen LogP contribution < -0.4 is 0 Å². The van der Waals surface area contributed by atoms with Gasteiger partial charge >= 0.3 is 21.7 Å². The molecule has 64 valence electrons. The number of rotatable bonds is 0. The quantitative estimate of drug-likeness (QED) is 0.430. The molecule has 2 rings (SSSR count). The standard InChI is InChI=1S/2C5H5.ClH.Ti.H/c2*1-2-4-5-3-1;;;/h2*1-3H,4H2;1H;;/q2*-1;;+2;-1. The van der Waals surface area contributed by atoms with Crippen molar-refractivity contribution >= 4 is 12.4 Å². The van der Waals surface area contributed by atoms with Gasteiger partial charge in [-0.1, -0.05) is 0 Å². The second-order valence-electron chi connectivity index (χ2n) is 2.01. The van der Waals surface area contributed by atoms with Crippen LogP contribution in [0.5, 0.6) is 0 Å². The van der Waals surface area contributed by atoms with Crippen LogP contribution in [0, 0.1) is 12.2 Å². The first-order chi connectivity index (χ1) is 5.00. The fourth-order valence-corrected chi connectivity index (χ4v) is 0.680. The fourth-order valence-electron chi connectivity index (χ4n) is 0.680. The number of halogens is 1. The normalized spacial score (nSPS) is 14.7. The third-order valence-corrected chi connectivity index (χ3v) is 1.17. The van der Waals surface area contributed by atoms with Crippen LogP contribution in [0.25, 0.3) is 0 Å². The molecular weight excluding hydrogens is 203 g/mol. The maximum Gasteiger partial charge on any atom is 2.00 e. The molecule has 12 heavy (non-hydrogen) atoms. The van der Waals surface area contributed by atoms with Crippen molar-refractivity contribution in [1.82, 2.24) is 0 Å². The molecule has 2 aliphatic rings. The van der Waals surface area contributed by atoms with Gasteiger partial charge in [0, 0.05) is 0 Å². The Bertz CT molecular complexity index is 153. The Balaban J connectivity index is -0.000000125. The predicted molar refractivity (Wildman–Crippen MR) is 51.5 cm³/mol. The Hall–Kier alpha value is -0.0357. The van der Waals surface area contributed by atoms with E-state index in [1.165, 1.54) is 0 Å². The van der Waals surface area contributed by atoms with E-state index in [0.717, 1.165) is 12.8 Å². The van der Waals surface area contributed by atoms with Crippen LogP contribution in [-0.2, 0) is 21.7 Å². The molecule has 0 fully saturated rings. The summed E-state index contributed by atoms with van der Waals surface area (Å²) < 4.78 is 0. The van der Waals surface area contributed by atoms with Crippen molar-refractivity contribution < 1.29 is 23.1 Å². The molecule has 0 radical (unpaired) electrons. The molecule has 2 heteroatoms. The third-order valence-electron chi connectivity index (χ3n) is 1.17. The summed E-state index contributed by atoms with van der Waals surface area (Å²) in [5.41, 5.74) is 0. The first-order valence-corrected chi connectivity index (χ1v) is 3.43. The van der Waals surface area contributed by atoms with Gasteiger partial charge in [0.15, 0.2) is 0 Å². The zero-order chi connectivity index (χ0) is 7.07. The molecule has 0 heterocycles. The summed E-state index contributed by atoms with van der Waals surface area (Å²) in [6.07, 6.45) is 20.0. The zero-order valence-electron chi connectivity index (χ0n) is 7.79. The van der Waals surface area contributed by atoms with E-state index < -0.39 is 0 Å². The fraction of sp³-hybridized carbons (Fsp3) is 0.200. The minimum absolute atomic E-state index is 0. The van der Waals surface area contributed by atoms with Crippen molar-refractivity contribution in [3.63, 3.8) is 0 Å². The van der Waals surface area contributed by atoms with Crippen molar-refractivity contribution in [2.75, 3.05) is 0 Å². The Morgan fingerprint density at radius 1 is 0.917 bits per heavy atom. The first-order valence-electron chi connectivity index (χ1n) is 3.43. The van der Waals surface area contributed by atoms with E-state index in [4.69, 9.17) is 0 Å². The Kier molecular flexibility index (Phi) is 13.2. The molecule has 0 aliphatic heterocycles. The summed E-state index contributed by atoms with van der Waals surface area (Å²) in [6.45, 7) is 0. The van der Waals surface area contributed by atoms with Gasteiger partial charge in [-0.2, -0.15) is 12.2 Å². The van der Waals surface area contributed by atoms with E-state index in [1.807, 2.05) is 24.3 Å². The third kappa shape index (κ3) is 8.06. The summed E-state index contributed by atoms with van der Waals surface area (Å²) in [5.74, 6) is 0. The van der Waals surface area contributed by atoms with Crippen molar-refractivity contribution in [2.24, 2.45) is 0 Å². The number of hydrogen-bond donors (Lipinski definition) is 0. The van der Waals surface area contributed by atoms with Gasteiger partial charge in [-0.15, -0.1) is 25.2 Å². The van der Waals surface area contributed by atoms with E-state index in [0.29, 0.717) is 0 Å². The molecule has 0 aromatic heterocycles. The van der Waals surface area contributed by atoms with Gasteiger partial charge in [0.25, 0.3) is 0 Å². The van der Waals surface area contributed by atoms with E-state index in [9.17, 15) is 0 Å². The van der Waals surface area contributed by atoms with Crippen LogP contribution in [0.4, 0.5) is 0 Å². The molecule has 0 aromatic carbocycles. The minimum atomic E-state index is 0. The molecule has 0 saturated heterocycles. The maximum atomic E-state index is 2.99. The van der Waals surface area contributed by atoms with Crippen LogP contribution in [-0.4, -0.2) is 0 Å². The Labute approximate surface area is 96.9 Å². The zero-order valence-corrected chi connectivity index (χ0v) is 9.16. The molecule has 0 N–H and O–H groups in total. The average molecular weight is 216 g/mol. The molecule has 0 spiro atoms. The number of hydrogen-bond acceptors (Lipinski definition) is 0. The smallest absolute Gasteiger partial charge is 1.00 e. The van der Waals surface area contributed by atoms with Gasteiger partial charge in [-0.05, 0) is 0 Å². The molecule has 0 nitrogen and oxygen atoms in total. The van der Waals surface area contributed by atoms with Crippen LogP contribution in [0.2, 0.25) is 0 Å². The van der Waals surface area contributed by atoms with Gasteiger partial charge in [-0.25, -0.2) is 24.3 Å². The molecule has 0 unspecified atom stereocenters. The van der Waals surface area contributed by atoms with E-state index >= 15 is 0 Å². The minimum Gasteiger partial charge on any atom is -1.00 e. The maximum absolute atomic E-state index is 2.99. The van der Waals surface area contributed by atoms with E-state index in [1.54, 1.807) is 0 Å². The monoisotopic (exact) mass is 215 g/mol. The van der Waals surface area contributed by atoms with Gasteiger partial charge < -0.3 is 1.43 Å². The predicted octanol–water partition coefficient (Wildman–Crippen LogP) is 3.14. The largest absolute Gasteiger partial charge is 2.00 e. The SMILES string of the molecule is Cl.[C-]1=CC=CC1.[C-]1=CC=CC1.[H-].[Ti+2]. The van der Waals surface area contributed by atoms with Crippen molar-refractivity contribution in [3.05, 3.63) is 48.6 Å². The average Bonchev–Trinajstić information content (AvgIpc) is 2.67. The molecular formula is C10H12ClTi-. The van der Waals surface area contributed by atoms with E-state index in [-0.39, 0.29) is 35.6 Å². The van der Waals surface area contributed by atoms with Crippen LogP contribution in [0.15, 0.2) is 36.5 Å². The Morgan fingerprint density at radius 2 is 1.33 bits per heavy atom. The summed E-state index contributed by atoms with van der Waals surface area (Å²) >= 11 is 0. The van der Waals surface area contributed by atoms with E-state index in [2.05, 4.69) is 24.3 Å². The first kappa shape index (κ1) is 14.5. The molecule has 0 aromatic rings. The topological polar surface area (TPSA) is 0 Å². The molecule has 0 amide bonds. The molecule has 0 bridgehead atoms. The summed E-state index contributed by atoms with van der Waals surface area (Å²) in [5, 5.41) is 0. The molecule has 0 atom stereocenters. The van der Waals surface area contributed by atoms with Crippen molar-refractivity contribution in [2.45, 2.75) is 12.8 Å². The van der Waals surface area contributed by atoms with Gasteiger partial charge in [0.1, 0.15) is 0 Å². The van der Waals surface area contributed by atoms with Gasteiger partial charge in [0.2, 0.25) is 0 Å². The summed E-state index contributed by atoms with van der Waals surface area (Å²) in [4.78, 5) is 0. The number of allylic oxidation sites excluding steroid dienone is 8. The van der Waals surface area contributed by atoms with Crippen LogP contribution in [0.1, 0.15) is 14.3 Å². The Morgan fingerprint density at radius 3 is 1.42 bits per heavy atom.